The van der Waals surface area contributed by atoms with Crippen LogP contribution in [0.4, 0.5) is 5.69 Å². The van der Waals surface area contributed by atoms with Crippen molar-refractivity contribution in [2.45, 2.75) is 16.7 Å². The SMILES string of the molecule is Cc1ccccc1S(=O)c1ccc(NC(=O)CN)cc1. The Morgan fingerprint density at radius 3 is 2.40 bits per heavy atom. The first-order chi connectivity index (χ1) is 9.61. The van der Waals surface area contributed by atoms with E-state index in [1.807, 2.05) is 31.2 Å². The average Bonchev–Trinajstić information content (AvgIpc) is 2.47. The number of anilines is 1. The van der Waals surface area contributed by atoms with Gasteiger partial charge in [-0.05, 0) is 42.8 Å². The van der Waals surface area contributed by atoms with Gasteiger partial charge in [-0.2, -0.15) is 0 Å². The van der Waals surface area contributed by atoms with Gasteiger partial charge in [0.25, 0.3) is 0 Å². The molecule has 1 unspecified atom stereocenters. The summed E-state index contributed by atoms with van der Waals surface area (Å²) in [5.41, 5.74) is 6.87. The van der Waals surface area contributed by atoms with Crippen LogP contribution in [0.2, 0.25) is 0 Å². The van der Waals surface area contributed by atoms with E-state index in [0.717, 1.165) is 10.5 Å². The van der Waals surface area contributed by atoms with E-state index in [4.69, 9.17) is 5.73 Å². The van der Waals surface area contributed by atoms with Crippen molar-refractivity contribution >= 4 is 22.4 Å². The number of nitrogens with one attached hydrogen (secondary N) is 1. The molecule has 0 spiro atoms. The lowest BCUT2D eigenvalue weighted by molar-refractivity contribution is -0.114. The highest BCUT2D eigenvalue weighted by atomic mass is 32.2. The van der Waals surface area contributed by atoms with E-state index < -0.39 is 10.8 Å². The van der Waals surface area contributed by atoms with Gasteiger partial charge in [-0.1, -0.05) is 18.2 Å². The summed E-state index contributed by atoms with van der Waals surface area (Å²) in [6.07, 6.45) is 0. The first-order valence-electron chi connectivity index (χ1n) is 6.19. The van der Waals surface area contributed by atoms with Crippen LogP contribution in [-0.4, -0.2) is 16.7 Å². The second-order valence-electron chi connectivity index (χ2n) is 4.31. The van der Waals surface area contributed by atoms with Crippen LogP contribution in [0.3, 0.4) is 0 Å². The summed E-state index contributed by atoms with van der Waals surface area (Å²) in [6, 6.07) is 14.5. The minimum atomic E-state index is -1.22. The Kier molecular flexibility index (Phi) is 4.65. The smallest absolute Gasteiger partial charge is 0.238 e. The lowest BCUT2D eigenvalue weighted by atomic mass is 10.2. The first kappa shape index (κ1) is 14.4. The third-order valence-corrected chi connectivity index (χ3v) is 4.39. The molecule has 0 aromatic heterocycles. The zero-order valence-electron chi connectivity index (χ0n) is 11.1. The number of hydrogen-bond donors (Lipinski definition) is 2. The van der Waals surface area contributed by atoms with Gasteiger partial charge in [-0.3, -0.25) is 4.79 Å². The molecule has 0 fully saturated rings. The zero-order valence-corrected chi connectivity index (χ0v) is 11.9. The lowest BCUT2D eigenvalue weighted by Gasteiger charge is -2.07. The van der Waals surface area contributed by atoms with E-state index in [2.05, 4.69) is 5.32 Å². The largest absolute Gasteiger partial charge is 0.325 e. The summed E-state index contributed by atoms with van der Waals surface area (Å²) >= 11 is 0. The number of hydrogen-bond acceptors (Lipinski definition) is 3. The topological polar surface area (TPSA) is 72.2 Å². The van der Waals surface area contributed by atoms with E-state index in [-0.39, 0.29) is 12.5 Å². The molecule has 104 valence electrons. The van der Waals surface area contributed by atoms with Crippen LogP contribution >= 0.6 is 0 Å². The Morgan fingerprint density at radius 2 is 1.80 bits per heavy atom. The molecule has 4 nitrogen and oxygen atoms in total. The molecule has 0 aliphatic rings. The molecule has 1 atom stereocenters. The Hall–Kier alpha value is -1.98. The van der Waals surface area contributed by atoms with Gasteiger partial charge < -0.3 is 11.1 Å². The van der Waals surface area contributed by atoms with Crippen LogP contribution in [0, 0.1) is 6.92 Å². The Bertz CT molecular complexity index is 639. The number of aryl methyl sites for hydroxylation is 1. The quantitative estimate of drug-likeness (QED) is 0.904. The molecular weight excluding hydrogens is 272 g/mol. The standard InChI is InChI=1S/C15H16N2O2S/c1-11-4-2-3-5-14(11)20(19)13-8-6-12(7-9-13)17-15(18)10-16/h2-9H,10,16H2,1H3,(H,17,18). The van der Waals surface area contributed by atoms with E-state index >= 15 is 0 Å². The van der Waals surface area contributed by atoms with E-state index in [9.17, 15) is 9.00 Å². The fourth-order valence-electron chi connectivity index (χ4n) is 1.77. The van der Waals surface area contributed by atoms with Gasteiger partial charge in [0.2, 0.25) is 5.91 Å². The third-order valence-electron chi connectivity index (χ3n) is 2.83. The second kappa shape index (κ2) is 6.45. The number of rotatable bonds is 4. The number of carbonyl (C=O) groups excluding carboxylic acids is 1. The minimum Gasteiger partial charge on any atom is -0.325 e. The molecule has 0 bridgehead atoms. The van der Waals surface area contributed by atoms with Crippen molar-refractivity contribution in [3.8, 4) is 0 Å². The van der Waals surface area contributed by atoms with Crippen molar-refractivity contribution in [2.75, 3.05) is 11.9 Å². The predicted octanol–water partition coefficient (Wildman–Crippen LogP) is 2.06. The van der Waals surface area contributed by atoms with Crippen molar-refractivity contribution < 1.29 is 9.00 Å². The Balaban J connectivity index is 2.20. The molecule has 0 saturated carbocycles. The highest BCUT2D eigenvalue weighted by Gasteiger charge is 2.09. The van der Waals surface area contributed by atoms with Crippen molar-refractivity contribution in [3.63, 3.8) is 0 Å². The maximum absolute atomic E-state index is 12.5. The van der Waals surface area contributed by atoms with Crippen LogP contribution in [0.1, 0.15) is 5.56 Å². The second-order valence-corrected chi connectivity index (χ2v) is 5.76. The molecule has 0 radical (unpaired) electrons. The van der Waals surface area contributed by atoms with Gasteiger partial charge in [0.15, 0.2) is 0 Å². The maximum Gasteiger partial charge on any atom is 0.238 e. The summed E-state index contributed by atoms with van der Waals surface area (Å²) in [7, 11) is -1.22. The van der Waals surface area contributed by atoms with Crippen LogP contribution in [0.5, 0.6) is 0 Å². The summed E-state index contributed by atoms with van der Waals surface area (Å²) < 4.78 is 12.5. The molecule has 2 aromatic carbocycles. The van der Waals surface area contributed by atoms with E-state index in [1.54, 1.807) is 24.3 Å². The number of nitrogens with two attached hydrogens (primary N) is 1. The van der Waals surface area contributed by atoms with Crippen LogP contribution in [-0.2, 0) is 15.6 Å². The number of carbonyl (C=O) groups is 1. The van der Waals surface area contributed by atoms with Crippen LogP contribution < -0.4 is 11.1 Å². The van der Waals surface area contributed by atoms with Crippen molar-refractivity contribution in [1.82, 2.24) is 0 Å². The van der Waals surface area contributed by atoms with Gasteiger partial charge in [-0.25, -0.2) is 4.21 Å². The third kappa shape index (κ3) is 3.31. The highest BCUT2D eigenvalue weighted by Crippen LogP contribution is 2.21. The number of benzene rings is 2. The average molecular weight is 288 g/mol. The molecule has 1 amide bonds. The summed E-state index contributed by atoms with van der Waals surface area (Å²) in [6.45, 7) is 1.87. The fourth-order valence-corrected chi connectivity index (χ4v) is 2.97. The van der Waals surface area contributed by atoms with E-state index in [0.29, 0.717) is 10.6 Å². The fraction of sp³-hybridized carbons (Fsp3) is 0.133. The predicted molar refractivity (Wildman–Crippen MR) is 80.0 cm³/mol. The summed E-state index contributed by atoms with van der Waals surface area (Å²) in [5.74, 6) is -0.252. The Morgan fingerprint density at radius 1 is 1.15 bits per heavy atom. The van der Waals surface area contributed by atoms with Crippen molar-refractivity contribution in [3.05, 3.63) is 54.1 Å². The molecule has 0 saturated heterocycles. The molecule has 0 aliphatic heterocycles. The monoisotopic (exact) mass is 288 g/mol. The maximum atomic E-state index is 12.5. The van der Waals surface area contributed by atoms with Crippen LogP contribution in [0.15, 0.2) is 58.3 Å². The van der Waals surface area contributed by atoms with Gasteiger partial charge in [0.1, 0.15) is 0 Å². The molecule has 3 N–H and O–H groups in total. The molecule has 2 aromatic rings. The molecule has 0 heterocycles. The van der Waals surface area contributed by atoms with Crippen molar-refractivity contribution in [2.24, 2.45) is 5.73 Å². The van der Waals surface area contributed by atoms with Crippen LogP contribution in [0.25, 0.3) is 0 Å². The first-order valence-corrected chi connectivity index (χ1v) is 7.34. The molecule has 5 heteroatoms. The van der Waals surface area contributed by atoms with Crippen molar-refractivity contribution in [1.29, 1.82) is 0 Å². The van der Waals surface area contributed by atoms with Gasteiger partial charge >= 0.3 is 0 Å². The summed E-state index contributed by atoms with van der Waals surface area (Å²) in [4.78, 5) is 12.7. The van der Waals surface area contributed by atoms with Gasteiger partial charge in [-0.15, -0.1) is 0 Å². The molecule has 20 heavy (non-hydrogen) atoms. The Labute approximate surface area is 120 Å². The van der Waals surface area contributed by atoms with E-state index in [1.165, 1.54) is 0 Å². The van der Waals surface area contributed by atoms with Gasteiger partial charge in [0, 0.05) is 15.5 Å². The molecule has 2 rings (SSSR count). The normalized spacial score (nSPS) is 11.9. The zero-order chi connectivity index (χ0) is 14.5. The van der Waals surface area contributed by atoms with Gasteiger partial charge in [0.05, 0.1) is 17.3 Å². The highest BCUT2D eigenvalue weighted by molar-refractivity contribution is 7.85. The number of amides is 1. The minimum absolute atomic E-state index is 0.0586. The molecule has 0 aliphatic carbocycles. The lowest BCUT2D eigenvalue weighted by Crippen LogP contribution is -2.21. The molecular formula is C15H16N2O2S. The summed E-state index contributed by atoms with van der Waals surface area (Å²) in [5, 5.41) is 2.65.